The third kappa shape index (κ3) is 5.30. The molecule has 1 atom stereocenters. The maximum absolute atomic E-state index is 13.9. The highest BCUT2D eigenvalue weighted by atomic mass is 19.1. The molecule has 7 heteroatoms. The number of amides is 1. The number of carbonyl (C=O) groups is 1. The fourth-order valence-corrected chi connectivity index (χ4v) is 3.77. The van der Waals surface area contributed by atoms with Gasteiger partial charge in [0.15, 0.2) is 0 Å². The molecular weight excluding hydrogens is 383 g/mol. The van der Waals surface area contributed by atoms with Crippen LogP contribution in [-0.4, -0.2) is 40.1 Å². The van der Waals surface area contributed by atoms with Gasteiger partial charge in [0, 0.05) is 43.1 Å². The van der Waals surface area contributed by atoms with Crippen LogP contribution < -0.4 is 5.32 Å². The number of nitrogens with one attached hydrogen (secondary N) is 1. The molecule has 0 unspecified atom stereocenters. The van der Waals surface area contributed by atoms with Crippen molar-refractivity contribution in [1.82, 2.24) is 20.4 Å². The van der Waals surface area contributed by atoms with Crippen molar-refractivity contribution in [2.75, 3.05) is 13.1 Å². The minimum absolute atomic E-state index is 0.0350. The molecule has 0 spiro atoms. The molecule has 6 nitrogen and oxygen atoms in total. The van der Waals surface area contributed by atoms with Crippen LogP contribution >= 0.6 is 0 Å². The standard InChI is InChI=1S/C23H25FN4O2/c24-20-11-5-4-9-18(20)15-28-14-6-10-19(16-28)25-21(29)12-13-22-26-23(27-30-22)17-7-2-1-3-8-17/h1-5,7-9,11,19H,6,10,12-16H2,(H,25,29)/t19-/m0/s1. The van der Waals surface area contributed by atoms with E-state index >= 15 is 0 Å². The van der Waals surface area contributed by atoms with Gasteiger partial charge in [-0.3, -0.25) is 9.69 Å². The number of hydrogen-bond donors (Lipinski definition) is 1. The fourth-order valence-electron chi connectivity index (χ4n) is 3.77. The van der Waals surface area contributed by atoms with E-state index < -0.39 is 0 Å². The van der Waals surface area contributed by atoms with E-state index in [1.165, 1.54) is 6.07 Å². The van der Waals surface area contributed by atoms with Crippen LogP contribution in [0.1, 0.15) is 30.7 Å². The van der Waals surface area contributed by atoms with Gasteiger partial charge in [0.1, 0.15) is 5.82 Å². The van der Waals surface area contributed by atoms with Crippen LogP contribution in [0.4, 0.5) is 4.39 Å². The molecule has 1 aromatic heterocycles. The second kappa shape index (κ2) is 9.63. The van der Waals surface area contributed by atoms with E-state index in [0.717, 1.165) is 31.5 Å². The van der Waals surface area contributed by atoms with Crippen molar-refractivity contribution in [3.05, 3.63) is 71.9 Å². The predicted octanol–water partition coefficient (Wildman–Crippen LogP) is 3.59. The van der Waals surface area contributed by atoms with Crippen LogP contribution in [0.2, 0.25) is 0 Å². The molecule has 156 valence electrons. The van der Waals surface area contributed by atoms with Gasteiger partial charge in [-0.25, -0.2) is 4.39 Å². The van der Waals surface area contributed by atoms with Crippen molar-refractivity contribution in [2.45, 2.75) is 38.3 Å². The first-order chi connectivity index (χ1) is 14.7. The molecule has 1 aliphatic heterocycles. The molecule has 4 rings (SSSR count). The number of carbonyl (C=O) groups excluding carboxylic acids is 1. The van der Waals surface area contributed by atoms with E-state index in [2.05, 4.69) is 20.4 Å². The lowest BCUT2D eigenvalue weighted by molar-refractivity contribution is -0.122. The number of halogens is 1. The Hall–Kier alpha value is -3.06. The zero-order chi connectivity index (χ0) is 20.8. The van der Waals surface area contributed by atoms with Crippen molar-refractivity contribution in [2.24, 2.45) is 0 Å². The van der Waals surface area contributed by atoms with Gasteiger partial charge in [-0.05, 0) is 25.5 Å². The fraction of sp³-hybridized carbons (Fsp3) is 0.348. The number of nitrogens with zero attached hydrogens (tertiary/aromatic N) is 3. The van der Waals surface area contributed by atoms with E-state index in [1.807, 2.05) is 42.5 Å². The molecule has 0 saturated carbocycles. The molecule has 1 N–H and O–H groups in total. The van der Waals surface area contributed by atoms with E-state index in [0.29, 0.717) is 36.7 Å². The van der Waals surface area contributed by atoms with Gasteiger partial charge in [-0.2, -0.15) is 4.98 Å². The van der Waals surface area contributed by atoms with Crippen LogP contribution in [0.3, 0.4) is 0 Å². The van der Waals surface area contributed by atoms with Crippen LogP contribution in [0.5, 0.6) is 0 Å². The van der Waals surface area contributed by atoms with E-state index in [9.17, 15) is 9.18 Å². The smallest absolute Gasteiger partial charge is 0.227 e. The normalized spacial score (nSPS) is 17.0. The second-order valence-electron chi connectivity index (χ2n) is 7.61. The lowest BCUT2D eigenvalue weighted by Gasteiger charge is -2.33. The van der Waals surface area contributed by atoms with Gasteiger partial charge < -0.3 is 9.84 Å². The minimum atomic E-state index is -0.182. The zero-order valence-corrected chi connectivity index (χ0v) is 16.8. The second-order valence-corrected chi connectivity index (χ2v) is 7.61. The number of piperidine rings is 1. The summed E-state index contributed by atoms with van der Waals surface area (Å²) in [6.45, 7) is 2.19. The molecular formula is C23H25FN4O2. The van der Waals surface area contributed by atoms with E-state index in [1.54, 1.807) is 6.07 Å². The highest BCUT2D eigenvalue weighted by Crippen LogP contribution is 2.17. The predicted molar refractivity (Wildman–Crippen MR) is 111 cm³/mol. The minimum Gasteiger partial charge on any atom is -0.352 e. The van der Waals surface area contributed by atoms with Crippen LogP contribution in [0.15, 0.2) is 59.1 Å². The quantitative estimate of drug-likeness (QED) is 0.647. The SMILES string of the molecule is O=C(CCc1nc(-c2ccccc2)no1)N[C@H]1CCCN(Cc2ccccc2F)C1. The van der Waals surface area contributed by atoms with Crippen LogP contribution in [0.25, 0.3) is 11.4 Å². The summed E-state index contributed by atoms with van der Waals surface area (Å²) in [4.78, 5) is 19.0. The summed E-state index contributed by atoms with van der Waals surface area (Å²) in [5, 5.41) is 7.08. The van der Waals surface area contributed by atoms with Gasteiger partial charge in [0.25, 0.3) is 0 Å². The third-order valence-corrected chi connectivity index (χ3v) is 5.29. The molecule has 0 aliphatic carbocycles. The van der Waals surface area contributed by atoms with Gasteiger partial charge in [0.2, 0.25) is 17.6 Å². The average molecular weight is 408 g/mol. The molecule has 0 radical (unpaired) electrons. The molecule has 0 bridgehead atoms. The summed E-state index contributed by atoms with van der Waals surface area (Å²) in [5.41, 5.74) is 1.57. The number of likely N-dealkylation sites (tertiary alicyclic amines) is 1. The largest absolute Gasteiger partial charge is 0.352 e. The molecule has 1 aliphatic rings. The molecule has 1 saturated heterocycles. The Balaban J connectivity index is 1.25. The third-order valence-electron chi connectivity index (χ3n) is 5.29. The highest BCUT2D eigenvalue weighted by molar-refractivity contribution is 5.76. The first-order valence-electron chi connectivity index (χ1n) is 10.3. The molecule has 1 fully saturated rings. The molecule has 2 heterocycles. The number of benzene rings is 2. The number of aromatic nitrogens is 2. The first-order valence-corrected chi connectivity index (χ1v) is 10.3. The first kappa shape index (κ1) is 20.2. The molecule has 3 aromatic rings. The summed E-state index contributed by atoms with van der Waals surface area (Å²) in [5.74, 6) is 0.765. The number of aryl methyl sites for hydroxylation is 1. The topological polar surface area (TPSA) is 71.3 Å². The van der Waals surface area contributed by atoms with Crippen molar-refractivity contribution >= 4 is 5.91 Å². The number of rotatable bonds is 7. The Bertz CT molecular complexity index is 976. The lowest BCUT2D eigenvalue weighted by atomic mass is 10.0. The Morgan fingerprint density at radius 1 is 1.17 bits per heavy atom. The summed E-state index contributed by atoms with van der Waals surface area (Å²) in [7, 11) is 0. The van der Waals surface area contributed by atoms with Crippen LogP contribution in [-0.2, 0) is 17.8 Å². The summed E-state index contributed by atoms with van der Waals surface area (Å²) >= 11 is 0. The summed E-state index contributed by atoms with van der Waals surface area (Å²) < 4.78 is 19.2. The van der Waals surface area contributed by atoms with Crippen molar-refractivity contribution < 1.29 is 13.7 Å². The van der Waals surface area contributed by atoms with Gasteiger partial charge in [-0.1, -0.05) is 53.7 Å². The van der Waals surface area contributed by atoms with E-state index in [-0.39, 0.29) is 17.8 Å². The van der Waals surface area contributed by atoms with E-state index in [4.69, 9.17) is 4.52 Å². The van der Waals surface area contributed by atoms with Gasteiger partial charge in [0.05, 0.1) is 0 Å². The molecule has 30 heavy (non-hydrogen) atoms. The van der Waals surface area contributed by atoms with Crippen molar-refractivity contribution in [3.63, 3.8) is 0 Å². The van der Waals surface area contributed by atoms with Gasteiger partial charge >= 0.3 is 0 Å². The maximum Gasteiger partial charge on any atom is 0.227 e. The molecule has 1 amide bonds. The number of hydrogen-bond acceptors (Lipinski definition) is 5. The Kier molecular flexibility index (Phi) is 6.49. The maximum atomic E-state index is 13.9. The summed E-state index contributed by atoms with van der Waals surface area (Å²) in [6.07, 6.45) is 2.60. The molecule has 2 aromatic carbocycles. The summed E-state index contributed by atoms with van der Waals surface area (Å²) in [6, 6.07) is 16.5. The van der Waals surface area contributed by atoms with Gasteiger partial charge in [-0.15, -0.1) is 0 Å². The Morgan fingerprint density at radius 2 is 1.97 bits per heavy atom. The van der Waals surface area contributed by atoms with Crippen LogP contribution in [0, 0.1) is 5.82 Å². The van der Waals surface area contributed by atoms with Crippen molar-refractivity contribution in [1.29, 1.82) is 0 Å². The van der Waals surface area contributed by atoms with Crippen molar-refractivity contribution in [3.8, 4) is 11.4 Å². The monoisotopic (exact) mass is 408 g/mol. The zero-order valence-electron chi connectivity index (χ0n) is 16.8. The Morgan fingerprint density at radius 3 is 2.80 bits per heavy atom. The highest BCUT2D eigenvalue weighted by Gasteiger charge is 2.22. The lowest BCUT2D eigenvalue weighted by Crippen LogP contribution is -2.47. The average Bonchev–Trinajstić information content (AvgIpc) is 3.24. The Labute approximate surface area is 175 Å².